The molecule has 0 saturated heterocycles. The molecule has 0 aliphatic carbocycles. The van der Waals surface area contributed by atoms with Gasteiger partial charge in [-0.25, -0.2) is 0 Å². The molecule has 0 aliphatic heterocycles. The molecule has 0 atom stereocenters. The Hall–Kier alpha value is -3.15. The van der Waals surface area contributed by atoms with Crippen molar-refractivity contribution in [2.75, 3.05) is 14.2 Å². The van der Waals surface area contributed by atoms with Gasteiger partial charge in [-0.05, 0) is 42.0 Å². The molecule has 0 fully saturated rings. The summed E-state index contributed by atoms with van der Waals surface area (Å²) in [6.45, 7) is 0.259. The highest BCUT2D eigenvalue weighted by Crippen LogP contribution is 2.32. The molecule has 3 aromatic carbocycles. The molecule has 4 aromatic rings. The minimum atomic E-state index is -0.152. The number of hydrogen-bond donors (Lipinski definition) is 0. The molecule has 0 N–H and O–H groups in total. The fourth-order valence-electron chi connectivity index (χ4n) is 3.20. The maximum absolute atomic E-state index is 13.0. The van der Waals surface area contributed by atoms with Crippen LogP contribution >= 0.6 is 23.2 Å². The van der Waals surface area contributed by atoms with Crippen molar-refractivity contribution in [3.63, 3.8) is 0 Å². The molecule has 0 aliphatic rings. The van der Waals surface area contributed by atoms with Crippen LogP contribution in [0.3, 0.4) is 0 Å². The van der Waals surface area contributed by atoms with Crippen LogP contribution in [0.5, 0.6) is 17.2 Å². The molecular weight excluding hydrogens is 439 g/mol. The Balaban J connectivity index is 1.63. The molecule has 0 spiro atoms. The molecule has 0 bridgehead atoms. The van der Waals surface area contributed by atoms with Crippen molar-refractivity contribution in [1.82, 2.24) is 0 Å². The van der Waals surface area contributed by atoms with Crippen molar-refractivity contribution in [2.45, 2.75) is 6.61 Å². The predicted molar refractivity (Wildman–Crippen MR) is 122 cm³/mol. The third-order valence-electron chi connectivity index (χ3n) is 4.85. The number of ether oxygens (including phenoxy) is 3. The van der Waals surface area contributed by atoms with E-state index in [2.05, 4.69) is 0 Å². The van der Waals surface area contributed by atoms with E-state index in [4.69, 9.17) is 41.8 Å². The van der Waals surface area contributed by atoms with Crippen LogP contribution in [0.2, 0.25) is 10.0 Å². The highest BCUT2D eigenvalue weighted by molar-refractivity contribution is 6.35. The minimum absolute atomic E-state index is 0.152. The Labute approximate surface area is 188 Å². The summed E-state index contributed by atoms with van der Waals surface area (Å²) in [5, 5.41) is 1.54. The van der Waals surface area contributed by atoms with Gasteiger partial charge in [0.25, 0.3) is 0 Å². The van der Waals surface area contributed by atoms with Crippen molar-refractivity contribution >= 4 is 34.2 Å². The number of benzene rings is 3. The van der Waals surface area contributed by atoms with E-state index >= 15 is 0 Å². The Morgan fingerprint density at radius 3 is 2.45 bits per heavy atom. The van der Waals surface area contributed by atoms with Crippen molar-refractivity contribution in [2.24, 2.45) is 0 Å². The summed E-state index contributed by atoms with van der Waals surface area (Å²) in [6.07, 6.45) is 1.44. The summed E-state index contributed by atoms with van der Waals surface area (Å²) >= 11 is 12.1. The zero-order chi connectivity index (χ0) is 22.0. The van der Waals surface area contributed by atoms with E-state index in [1.54, 1.807) is 68.8 Å². The molecule has 0 radical (unpaired) electrons. The minimum Gasteiger partial charge on any atom is -0.493 e. The second-order valence-corrected chi connectivity index (χ2v) is 7.57. The molecule has 31 heavy (non-hydrogen) atoms. The van der Waals surface area contributed by atoms with E-state index in [0.29, 0.717) is 49.4 Å². The van der Waals surface area contributed by atoms with E-state index in [0.717, 1.165) is 5.56 Å². The van der Waals surface area contributed by atoms with Crippen molar-refractivity contribution in [3.05, 3.63) is 86.7 Å². The number of fused-ring (bicyclic) bond motifs is 1. The van der Waals surface area contributed by atoms with Gasteiger partial charge in [0.2, 0.25) is 0 Å². The maximum Gasteiger partial charge on any atom is 0.200 e. The van der Waals surface area contributed by atoms with Crippen molar-refractivity contribution < 1.29 is 18.6 Å². The van der Waals surface area contributed by atoms with Gasteiger partial charge in [0, 0.05) is 21.7 Å². The van der Waals surface area contributed by atoms with Crippen LogP contribution in [0.15, 0.2) is 70.1 Å². The topological polar surface area (TPSA) is 57.9 Å². The molecule has 1 aromatic heterocycles. The van der Waals surface area contributed by atoms with Gasteiger partial charge in [0.1, 0.15) is 24.2 Å². The lowest BCUT2D eigenvalue weighted by molar-refractivity contribution is 0.306. The second-order valence-electron chi connectivity index (χ2n) is 6.73. The average Bonchev–Trinajstić information content (AvgIpc) is 2.78. The number of hydrogen-bond acceptors (Lipinski definition) is 5. The molecule has 0 unspecified atom stereocenters. The second kappa shape index (κ2) is 8.92. The summed E-state index contributed by atoms with van der Waals surface area (Å²) in [5.41, 5.74) is 2.17. The Morgan fingerprint density at radius 1 is 0.903 bits per heavy atom. The van der Waals surface area contributed by atoms with Gasteiger partial charge in [-0.15, -0.1) is 0 Å². The van der Waals surface area contributed by atoms with Gasteiger partial charge in [-0.1, -0.05) is 35.3 Å². The highest BCUT2D eigenvalue weighted by Gasteiger charge is 2.13. The summed E-state index contributed by atoms with van der Waals surface area (Å²) < 4.78 is 22.1. The van der Waals surface area contributed by atoms with Gasteiger partial charge in [0.05, 0.1) is 25.2 Å². The molecule has 158 valence electrons. The van der Waals surface area contributed by atoms with E-state index in [1.807, 2.05) is 0 Å². The Bertz CT molecular complexity index is 1310. The largest absolute Gasteiger partial charge is 0.493 e. The van der Waals surface area contributed by atoms with Crippen molar-refractivity contribution in [1.29, 1.82) is 0 Å². The first kappa shape index (κ1) is 21.1. The smallest absolute Gasteiger partial charge is 0.200 e. The lowest BCUT2D eigenvalue weighted by atomic mass is 10.0. The third-order valence-corrected chi connectivity index (χ3v) is 5.44. The monoisotopic (exact) mass is 456 g/mol. The fourth-order valence-corrected chi connectivity index (χ4v) is 3.66. The van der Waals surface area contributed by atoms with Gasteiger partial charge in [-0.2, -0.15) is 0 Å². The van der Waals surface area contributed by atoms with Crippen LogP contribution in [-0.2, 0) is 6.61 Å². The summed E-state index contributed by atoms with van der Waals surface area (Å²) in [6, 6.07) is 15.6. The zero-order valence-electron chi connectivity index (χ0n) is 16.8. The van der Waals surface area contributed by atoms with Crippen LogP contribution in [0.1, 0.15) is 5.56 Å². The summed E-state index contributed by atoms with van der Waals surface area (Å²) in [5.74, 6) is 1.67. The van der Waals surface area contributed by atoms with Crippen molar-refractivity contribution in [3.8, 4) is 28.4 Å². The van der Waals surface area contributed by atoms with E-state index in [1.165, 1.54) is 6.26 Å². The molecule has 5 nitrogen and oxygen atoms in total. The number of halogens is 2. The van der Waals surface area contributed by atoms with Crippen LogP contribution in [0, 0.1) is 0 Å². The standard InChI is InChI=1S/C24H18Cl2O5/c1-28-21-8-4-14(9-23(21)29-2)19-13-31-22-11-17(6-7-18(22)24(19)27)30-12-15-3-5-16(25)10-20(15)26/h3-11,13H,12H2,1-2H3. The first-order chi connectivity index (χ1) is 15.0. The Morgan fingerprint density at radius 2 is 1.71 bits per heavy atom. The Kier molecular flexibility index (Phi) is 6.07. The first-order valence-electron chi connectivity index (χ1n) is 9.35. The molecular formula is C24H18Cl2O5. The SMILES string of the molecule is COc1ccc(-c2coc3cc(OCc4ccc(Cl)cc4Cl)ccc3c2=O)cc1OC. The molecule has 0 saturated carbocycles. The summed E-state index contributed by atoms with van der Waals surface area (Å²) in [4.78, 5) is 13.0. The maximum atomic E-state index is 13.0. The quantitative estimate of drug-likeness (QED) is 0.337. The highest BCUT2D eigenvalue weighted by atomic mass is 35.5. The number of methoxy groups -OCH3 is 2. The molecule has 1 heterocycles. The van der Waals surface area contributed by atoms with Crippen LogP contribution in [0.4, 0.5) is 0 Å². The first-order valence-corrected chi connectivity index (χ1v) is 10.1. The van der Waals surface area contributed by atoms with Gasteiger partial charge < -0.3 is 18.6 Å². The van der Waals surface area contributed by atoms with Gasteiger partial charge in [0.15, 0.2) is 16.9 Å². The normalized spacial score (nSPS) is 10.8. The molecule has 4 rings (SSSR count). The third kappa shape index (κ3) is 4.33. The van der Waals surface area contributed by atoms with Gasteiger partial charge in [-0.3, -0.25) is 4.79 Å². The van der Waals surface area contributed by atoms with E-state index in [9.17, 15) is 4.79 Å². The van der Waals surface area contributed by atoms with Gasteiger partial charge >= 0.3 is 0 Å². The lowest BCUT2D eigenvalue weighted by Crippen LogP contribution is -2.05. The fraction of sp³-hybridized carbons (Fsp3) is 0.125. The van der Waals surface area contributed by atoms with Crippen LogP contribution in [-0.4, -0.2) is 14.2 Å². The van der Waals surface area contributed by atoms with Crippen LogP contribution < -0.4 is 19.6 Å². The molecule has 7 heteroatoms. The zero-order valence-corrected chi connectivity index (χ0v) is 18.3. The molecule has 0 amide bonds. The predicted octanol–water partition coefficient (Wildman–Crippen LogP) is 6.36. The lowest BCUT2D eigenvalue weighted by Gasteiger charge is -2.10. The number of rotatable bonds is 6. The van der Waals surface area contributed by atoms with E-state index in [-0.39, 0.29) is 12.0 Å². The average molecular weight is 457 g/mol. The van der Waals surface area contributed by atoms with Crippen LogP contribution in [0.25, 0.3) is 22.1 Å². The van der Waals surface area contributed by atoms with E-state index < -0.39 is 0 Å². The summed E-state index contributed by atoms with van der Waals surface area (Å²) in [7, 11) is 3.10.